The minimum atomic E-state index is -1.34. The average molecular weight is 386 g/mol. The van der Waals surface area contributed by atoms with Gasteiger partial charge in [-0.2, -0.15) is 0 Å². The zero-order valence-electron chi connectivity index (χ0n) is 14.5. The van der Waals surface area contributed by atoms with Gasteiger partial charge in [0.05, 0.1) is 20.8 Å². The predicted molar refractivity (Wildman–Crippen MR) is 97.6 cm³/mol. The number of hydrogen-bond acceptors (Lipinski definition) is 4. The molecule has 0 bridgehead atoms. The minimum absolute atomic E-state index is 0.000254. The van der Waals surface area contributed by atoms with Crippen LogP contribution in [0.1, 0.15) is 45.7 Å². The van der Waals surface area contributed by atoms with Crippen LogP contribution in [-0.2, 0) is 11.0 Å². The number of nitrogens with one attached hydrogen (secondary N) is 1. The Morgan fingerprint density at radius 3 is 2.52 bits per heavy atom. The Morgan fingerprint density at radius 1 is 1.32 bits per heavy atom. The van der Waals surface area contributed by atoms with Crippen molar-refractivity contribution in [1.82, 2.24) is 14.7 Å². The highest BCUT2D eigenvalue weighted by molar-refractivity contribution is 7.84. The molecule has 1 heterocycles. The molecule has 1 N–H and O–H groups in total. The highest BCUT2D eigenvalue weighted by atomic mass is 35.5. The molecule has 1 aromatic carbocycles. The van der Waals surface area contributed by atoms with Crippen LogP contribution in [0.4, 0.5) is 4.39 Å². The van der Waals surface area contributed by atoms with Gasteiger partial charge in [-0.3, -0.25) is 0 Å². The number of nitrogens with zero attached hydrogens (tertiary/aromatic N) is 2. The van der Waals surface area contributed by atoms with E-state index < -0.39 is 27.6 Å². The number of rotatable bonds is 6. The molecule has 25 heavy (non-hydrogen) atoms. The van der Waals surface area contributed by atoms with Crippen LogP contribution in [0.25, 0.3) is 0 Å². The summed E-state index contributed by atoms with van der Waals surface area (Å²) in [7, 11) is -1.34. The van der Waals surface area contributed by atoms with E-state index in [9.17, 15) is 8.60 Å². The van der Waals surface area contributed by atoms with Crippen LogP contribution in [0.2, 0.25) is 5.02 Å². The molecule has 5 nitrogen and oxygen atoms in total. The highest BCUT2D eigenvalue weighted by Gasteiger charge is 2.26. The second-order valence-corrected chi connectivity index (χ2v) is 8.78. The number of ether oxygens (including phenoxy) is 1. The first-order chi connectivity index (χ1) is 11.7. The maximum Gasteiger partial charge on any atom is 0.322 e. The summed E-state index contributed by atoms with van der Waals surface area (Å²) in [6, 6.07) is 4.29. The maximum absolute atomic E-state index is 15.0. The van der Waals surface area contributed by atoms with Crippen LogP contribution >= 0.6 is 11.6 Å². The van der Waals surface area contributed by atoms with Gasteiger partial charge in [-0.1, -0.05) is 24.6 Å². The normalized spacial score (nSPS) is 14.2. The van der Waals surface area contributed by atoms with Crippen molar-refractivity contribution in [3.8, 4) is 11.8 Å². The molecule has 2 rings (SSSR count). The molecule has 0 fully saturated rings. The number of halogens is 2. The van der Waals surface area contributed by atoms with E-state index in [1.54, 1.807) is 18.2 Å². The Kier molecular flexibility index (Phi) is 6.48. The van der Waals surface area contributed by atoms with Crippen molar-refractivity contribution in [2.75, 3.05) is 0 Å². The molecular formula is C17H21ClFN3O2S. The summed E-state index contributed by atoms with van der Waals surface area (Å²) in [5.74, 6) is -0.766. The SMILES string of the molecule is CC[C@@H](N[S@](=O)C(C)(C)C)c1ccc(Cl)c(Oc2ncccn2)c1F. The summed E-state index contributed by atoms with van der Waals surface area (Å²) in [6.45, 7) is 7.43. The van der Waals surface area contributed by atoms with Crippen molar-refractivity contribution < 1.29 is 13.3 Å². The molecule has 8 heteroatoms. The van der Waals surface area contributed by atoms with E-state index in [2.05, 4.69) is 14.7 Å². The van der Waals surface area contributed by atoms with Crippen molar-refractivity contribution in [3.05, 3.63) is 47.0 Å². The Labute approximate surface area is 154 Å². The smallest absolute Gasteiger partial charge is 0.322 e. The lowest BCUT2D eigenvalue weighted by molar-refractivity contribution is 0.404. The van der Waals surface area contributed by atoms with E-state index in [0.717, 1.165) is 0 Å². The first kappa shape index (κ1) is 19.8. The summed E-state index contributed by atoms with van der Waals surface area (Å²) in [5, 5.41) is 0.112. The lowest BCUT2D eigenvalue weighted by Crippen LogP contribution is -2.35. The predicted octanol–water partition coefficient (Wildman–Crippen LogP) is 4.56. The number of aromatic nitrogens is 2. The first-order valence-electron chi connectivity index (χ1n) is 7.84. The van der Waals surface area contributed by atoms with Crippen molar-refractivity contribution in [1.29, 1.82) is 0 Å². The standard InChI is InChI=1S/C17H21ClFN3O2S/c1-5-13(22-25(23)17(2,3)4)11-7-8-12(18)15(14(11)19)24-16-20-9-6-10-21-16/h6-10,13,22H,5H2,1-4H3/t13-,25-/m1/s1. The molecule has 0 radical (unpaired) electrons. The van der Waals surface area contributed by atoms with Crippen LogP contribution in [-0.4, -0.2) is 18.9 Å². The molecule has 2 atom stereocenters. The summed E-state index contributed by atoms with van der Waals surface area (Å²) in [5.41, 5.74) is 0.329. The second-order valence-electron chi connectivity index (χ2n) is 6.37. The third kappa shape index (κ3) is 4.96. The summed E-state index contributed by atoms with van der Waals surface area (Å²) < 4.78 is 35.3. The molecule has 0 aliphatic heterocycles. The Bertz CT molecular complexity index is 754. The molecule has 136 valence electrons. The zero-order chi connectivity index (χ0) is 18.6. The topological polar surface area (TPSA) is 64.1 Å². The molecule has 0 saturated heterocycles. The Hall–Kier alpha value is -1.57. The van der Waals surface area contributed by atoms with Crippen LogP contribution < -0.4 is 9.46 Å². The highest BCUT2D eigenvalue weighted by Crippen LogP contribution is 2.35. The molecule has 0 amide bonds. The van der Waals surface area contributed by atoms with E-state index >= 15 is 0 Å². The van der Waals surface area contributed by atoms with Crippen LogP contribution in [0.5, 0.6) is 11.8 Å². The minimum Gasteiger partial charge on any atom is -0.420 e. The van der Waals surface area contributed by atoms with E-state index in [4.69, 9.17) is 16.3 Å². The number of hydrogen-bond donors (Lipinski definition) is 1. The molecule has 2 aromatic rings. The summed E-state index contributed by atoms with van der Waals surface area (Å²) >= 11 is 6.08. The summed E-state index contributed by atoms with van der Waals surface area (Å²) in [4.78, 5) is 7.82. The van der Waals surface area contributed by atoms with Crippen molar-refractivity contribution >= 4 is 22.6 Å². The summed E-state index contributed by atoms with van der Waals surface area (Å²) in [6.07, 6.45) is 3.52. The average Bonchev–Trinajstić information content (AvgIpc) is 2.57. The molecule has 1 aromatic heterocycles. The lowest BCUT2D eigenvalue weighted by atomic mass is 10.0. The number of benzene rings is 1. The fourth-order valence-corrected chi connectivity index (χ4v) is 3.10. The second kappa shape index (κ2) is 8.21. The zero-order valence-corrected chi connectivity index (χ0v) is 16.1. The molecule has 0 aliphatic carbocycles. The third-order valence-corrected chi connectivity index (χ3v) is 5.31. The van der Waals surface area contributed by atoms with Gasteiger partial charge in [0.15, 0.2) is 11.6 Å². The van der Waals surface area contributed by atoms with E-state index in [1.165, 1.54) is 12.4 Å². The molecule has 0 saturated carbocycles. The van der Waals surface area contributed by atoms with Crippen LogP contribution in [0, 0.1) is 5.82 Å². The van der Waals surface area contributed by atoms with Crippen LogP contribution in [0.15, 0.2) is 30.6 Å². The Morgan fingerprint density at radius 2 is 1.96 bits per heavy atom. The molecular weight excluding hydrogens is 365 g/mol. The first-order valence-corrected chi connectivity index (χ1v) is 9.37. The fraction of sp³-hybridized carbons (Fsp3) is 0.412. The lowest BCUT2D eigenvalue weighted by Gasteiger charge is -2.24. The van der Waals surface area contributed by atoms with Crippen molar-refractivity contribution in [2.24, 2.45) is 0 Å². The van der Waals surface area contributed by atoms with E-state index in [1.807, 2.05) is 27.7 Å². The van der Waals surface area contributed by atoms with Crippen molar-refractivity contribution in [3.63, 3.8) is 0 Å². The van der Waals surface area contributed by atoms with Crippen LogP contribution in [0.3, 0.4) is 0 Å². The van der Waals surface area contributed by atoms with Gasteiger partial charge in [0.25, 0.3) is 0 Å². The van der Waals surface area contributed by atoms with Gasteiger partial charge in [-0.15, -0.1) is 0 Å². The van der Waals surface area contributed by atoms with Crippen molar-refractivity contribution in [2.45, 2.75) is 44.9 Å². The molecule has 0 unspecified atom stereocenters. The van der Waals surface area contributed by atoms with Gasteiger partial charge < -0.3 is 4.74 Å². The molecule has 0 spiro atoms. The van der Waals surface area contributed by atoms with Gasteiger partial charge >= 0.3 is 6.01 Å². The molecule has 0 aliphatic rings. The third-order valence-electron chi connectivity index (χ3n) is 3.40. The quantitative estimate of drug-likeness (QED) is 0.791. The van der Waals surface area contributed by atoms with Gasteiger partial charge in [0.2, 0.25) is 0 Å². The maximum atomic E-state index is 15.0. The van der Waals surface area contributed by atoms with E-state index in [-0.39, 0.29) is 16.8 Å². The van der Waals surface area contributed by atoms with Gasteiger partial charge in [-0.25, -0.2) is 23.3 Å². The Balaban J connectivity index is 2.35. The van der Waals surface area contributed by atoms with Gasteiger partial charge in [0, 0.05) is 24.0 Å². The fourth-order valence-electron chi connectivity index (χ4n) is 2.01. The largest absolute Gasteiger partial charge is 0.420 e. The van der Waals surface area contributed by atoms with Gasteiger partial charge in [0.1, 0.15) is 0 Å². The van der Waals surface area contributed by atoms with Gasteiger partial charge in [-0.05, 0) is 39.3 Å². The monoisotopic (exact) mass is 385 g/mol. The van der Waals surface area contributed by atoms with E-state index in [0.29, 0.717) is 12.0 Å².